The molecule has 5 rings (SSSR count). The van der Waals surface area contributed by atoms with Gasteiger partial charge in [0, 0.05) is 50.5 Å². The maximum Gasteiger partial charge on any atom is 0.140 e. The largest absolute Gasteiger partial charge is 0.369 e. The molecular weight excluding hydrogens is 382 g/mol. The second kappa shape index (κ2) is 8.34. The quantitative estimate of drug-likeness (QED) is 0.688. The Bertz CT molecular complexity index is 937. The molecule has 2 aliphatic heterocycles. The standard InChI is InChI=1S/C23H28ClN5/c24-20-8-7-18(17-19(20)23-25-21-5-1-2-6-22(21)26-23)29-15-13-28(14-16-29)12-11-27-9-3-4-10-27/h1-2,5-8,17H,3-4,9-16H2,(H,25,26). The van der Waals surface area contributed by atoms with E-state index in [4.69, 9.17) is 16.6 Å². The average molecular weight is 410 g/mol. The van der Waals surface area contributed by atoms with Gasteiger partial charge in [-0.25, -0.2) is 4.98 Å². The van der Waals surface area contributed by atoms with Crippen molar-refractivity contribution in [3.8, 4) is 11.4 Å². The minimum absolute atomic E-state index is 0.733. The van der Waals surface area contributed by atoms with E-state index in [1.54, 1.807) is 0 Å². The van der Waals surface area contributed by atoms with Gasteiger partial charge in [0.05, 0.1) is 16.1 Å². The van der Waals surface area contributed by atoms with Gasteiger partial charge in [-0.2, -0.15) is 0 Å². The molecule has 2 aromatic carbocycles. The topological polar surface area (TPSA) is 38.4 Å². The van der Waals surface area contributed by atoms with Gasteiger partial charge in [0.2, 0.25) is 0 Å². The number of para-hydroxylation sites is 2. The number of H-pyrrole nitrogens is 1. The second-order valence-corrected chi connectivity index (χ2v) is 8.55. The summed E-state index contributed by atoms with van der Waals surface area (Å²) in [6, 6.07) is 14.4. The fraction of sp³-hybridized carbons (Fsp3) is 0.435. The van der Waals surface area contributed by atoms with Gasteiger partial charge in [-0.3, -0.25) is 4.90 Å². The van der Waals surface area contributed by atoms with Crippen molar-refractivity contribution in [3.63, 3.8) is 0 Å². The van der Waals surface area contributed by atoms with E-state index in [9.17, 15) is 0 Å². The molecule has 6 heteroatoms. The molecule has 2 fully saturated rings. The number of fused-ring (bicyclic) bond motifs is 1. The Labute approximate surface area is 177 Å². The SMILES string of the molecule is Clc1ccc(N2CCN(CCN3CCCC3)CC2)cc1-c1nc2ccccc2[nH]1. The summed E-state index contributed by atoms with van der Waals surface area (Å²) in [6.07, 6.45) is 2.75. The second-order valence-electron chi connectivity index (χ2n) is 8.14. The molecule has 2 saturated heterocycles. The van der Waals surface area contributed by atoms with Gasteiger partial charge >= 0.3 is 0 Å². The van der Waals surface area contributed by atoms with E-state index in [2.05, 4.69) is 31.8 Å². The molecule has 2 aliphatic rings. The van der Waals surface area contributed by atoms with Crippen LogP contribution in [0.4, 0.5) is 5.69 Å². The van der Waals surface area contributed by atoms with Crippen LogP contribution in [0, 0.1) is 0 Å². The monoisotopic (exact) mass is 409 g/mol. The van der Waals surface area contributed by atoms with Crippen molar-refractivity contribution in [2.75, 3.05) is 57.3 Å². The fourth-order valence-corrected chi connectivity index (χ4v) is 4.70. The zero-order chi connectivity index (χ0) is 19.6. The highest BCUT2D eigenvalue weighted by Gasteiger charge is 2.20. The van der Waals surface area contributed by atoms with Crippen LogP contribution < -0.4 is 4.90 Å². The van der Waals surface area contributed by atoms with Gasteiger partial charge in [-0.05, 0) is 56.3 Å². The number of rotatable bonds is 5. The predicted molar refractivity (Wildman–Crippen MR) is 121 cm³/mol. The van der Waals surface area contributed by atoms with Crippen LogP contribution in [0.15, 0.2) is 42.5 Å². The number of halogens is 1. The number of anilines is 1. The Morgan fingerprint density at radius 2 is 1.59 bits per heavy atom. The molecule has 0 bridgehead atoms. The van der Waals surface area contributed by atoms with Crippen LogP contribution in [0.5, 0.6) is 0 Å². The van der Waals surface area contributed by atoms with Crippen molar-refractivity contribution in [1.29, 1.82) is 0 Å². The minimum Gasteiger partial charge on any atom is -0.369 e. The van der Waals surface area contributed by atoms with E-state index in [1.807, 2.05) is 30.3 Å². The van der Waals surface area contributed by atoms with Gasteiger partial charge in [0.1, 0.15) is 5.82 Å². The molecule has 0 atom stereocenters. The Hall–Kier alpha value is -2.08. The van der Waals surface area contributed by atoms with Crippen molar-refractivity contribution in [3.05, 3.63) is 47.5 Å². The third-order valence-corrected chi connectivity index (χ3v) is 6.59. The fourth-order valence-electron chi connectivity index (χ4n) is 4.49. The zero-order valence-electron chi connectivity index (χ0n) is 16.8. The number of aromatic amines is 1. The number of benzene rings is 2. The van der Waals surface area contributed by atoms with Crippen LogP contribution >= 0.6 is 11.6 Å². The lowest BCUT2D eigenvalue weighted by atomic mass is 10.1. The Morgan fingerprint density at radius 1 is 0.862 bits per heavy atom. The first-order valence-electron chi connectivity index (χ1n) is 10.7. The lowest BCUT2D eigenvalue weighted by Gasteiger charge is -2.37. The Morgan fingerprint density at radius 3 is 2.34 bits per heavy atom. The van der Waals surface area contributed by atoms with Gasteiger partial charge in [-0.15, -0.1) is 0 Å². The molecule has 0 saturated carbocycles. The van der Waals surface area contributed by atoms with E-state index in [0.29, 0.717) is 0 Å². The average Bonchev–Trinajstić information content (AvgIpc) is 3.43. The first kappa shape index (κ1) is 18.9. The van der Waals surface area contributed by atoms with Gasteiger partial charge in [0.15, 0.2) is 0 Å². The number of likely N-dealkylation sites (tertiary alicyclic amines) is 1. The molecule has 3 heterocycles. The van der Waals surface area contributed by atoms with Crippen LogP contribution in [-0.2, 0) is 0 Å². The van der Waals surface area contributed by atoms with Crippen LogP contribution in [0.2, 0.25) is 5.02 Å². The molecule has 3 aromatic rings. The molecule has 0 spiro atoms. The van der Waals surface area contributed by atoms with Crippen molar-refractivity contribution >= 4 is 28.3 Å². The lowest BCUT2D eigenvalue weighted by molar-refractivity contribution is 0.215. The van der Waals surface area contributed by atoms with Gasteiger partial charge in [-0.1, -0.05) is 23.7 Å². The Kier molecular flexibility index (Phi) is 5.44. The highest BCUT2D eigenvalue weighted by Crippen LogP contribution is 2.32. The Balaban J connectivity index is 1.26. The highest BCUT2D eigenvalue weighted by atomic mass is 35.5. The van der Waals surface area contributed by atoms with E-state index >= 15 is 0 Å². The van der Waals surface area contributed by atoms with Gasteiger partial charge in [0.25, 0.3) is 0 Å². The molecule has 5 nitrogen and oxygen atoms in total. The summed E-state index contributed by atoms with van der Waals surface area (Å²) in [4.78, 5) is 15.8. The summed E-state index contributed by atoms with van der Waals surface area (Å²) in [6.45, 7) is 9.34. The molecule has 0 amide bonds. The summed E-state index contributed by atoms with van der Waals surface area (Å²) in [7, 11) is 0. The van der Waals surface area contributed by atoms with Gasteiger partial charge < -0.3 is 14.8 Å². The molecule has 152 valence electrons. The minimum atomic E-state index is 0.733. The number of imidazole rings is 1. The van der Waals surface area contributed by atoms with Crippen LogP contribution in [-0.4, -0.2) is 72.1 Å². The first-order valence-corrected chi connectivity index (χ1v) is 11.1. The van der Waals surface area contributed by atoms with Crippen molar-refractivity contribution in [2.45, 2.75) is 12.8 Å². The zero-order valence-corrected chi connectivity index (χ0v) is 17.5. The summed E-state index contributed by atoms with van der Waals surface area (Å²) in [5, 5.41) is 0.733. The van der Waals surface area contributed by atoms with Crippen LogP contribution in [0.3, 0.4) is 0 Å². The molecule has 0 aliphatic carbocycles. The lowest BCUT2D eigenvalue weighted by Crippen LogP contribution is -2.48. The molecular formula is C23H28ClN5. The number of nitrogens with zero attached hydrogens (tertiary/aromatic N) is 4. The maximum atomic E-state index is 6.53. The van der Waals surface area contributed by atoms with Crippen LogP contribution in [0.25, 0.3) is 22.4 Å². The van der Waals surface area contributed by atoms with Crippen molar-refractivity contribution in [1.82, 2.24) is 19.8 Å². The number of piperazine rings is 1. The maximum absolute atomic E-state index is 6.53. The molecule has 1 N–H and O–H groups in total. The highest BCUT2D eigenvalue weighted by molar-refractivity contribution is 6.33. The molecule has 1 aromatic heterocycles. The summed E-state index contributed by atoms with van der Waals surface area (Å²) in [5.74, 6) is 0.835. The number of hydrogen-bond acceptors (Lipinski definition) is 4. The normalized spacial score (nSPS) is 18.7. The smallest absolute Gasteiger partial charge is 0.140 e. The summed E-state index contributed by atoms with van der Waals surface area (Å²) < 4.78 is 0. The first-order chi connectivity index (χ1) is 14.3. The summed E-state index contributed by atoms with van der Waals surface area (Å²) in [5.41, 5.74) is 4.20. The predicted octanol–water partition coefficient (Wildman–Crippen LogP) is 4.10. The molecule has 0 unspecified atom stereocenters. The third-order valence-electron chi connectivity index (χ3n) is 6.26. The number of hydrogen-bond donors (Lipinski definition) is 1. The van der Waals surface area contributed by atoms with Crippen molar-refractivity contribution in [2.24, 2.45) is 0 Å². The van der Waals surface area contributed by atoms with Crippen LogP contribution in [0.1, 0.15) is 12.8 Å². The third kappa shape index (κ3) is 4.13. The number of aromatic nitrogens is 2. The molecule has 29 heavy (non-hydrogen) atoms. The van der Waals surface area contributed by atoms with Crippen molar-refractivity contribution < 1.29 is 0 Å². The summed E-state index contributed by atoms with van der Waals surface area (Å²) >= 11 is 6.53. The van der Waals surface area contributed by atoms with E-state index in [-0.39, 0.29) is 0 Å². The number of nitrogens with one attached hydrogen (secondary N) is 1. The van der Waals surface area contributed by atoms with E-state index in [0.717, 1.165) is 53.6 Å². The van der Waals surface area contributed by atoms with E-state index < -0.39 is 0 Å². The molecule has 0 radical (unpaired) electrons. The van der Waals surface area contributed by atoms with E-state index in [1.165, 1.54) is 44.7 Å².